The Hall–Kier alpha value is -4.21. The number of fused-ring (bicyclic) bond motifs is 3. The summed E-state index contributed by atoms with van der Waals surface area (Å²) in [7, 11) is 1.81. The topological polar surface area (TPSA) is 128 Å². The van der Waals surface area contributed by atoms with Gasteiger partial charge in [0, 0.05) is 19.0 Å². The normalized spacial score (nSPS) is 14.6. The summed E-state index contributed by atoms with van der Waals surface area (Å²) in [6, 6.07) is 24.6. The van der Waals surface area contributed by atoms with Gasteiger partial charge >= 0.3 is 12.1 Å². The van der Waals surface area contributed by atoms with Crippen LogP contribution in [-0.2, 0) is 20.9 Å². The molecule has 9 nitrogen and oxygen atoms in total. The minimum atomic E-state index is -2.15. The number of nitrogens with zero attached hydrogens (tertiary/aromatic N) is 1. The number of nitrogens with one attached hydrogen (secondary N) is 2. The van der Waals surface area contributed by atoms with E-state index >= 15 is 0 Å². The Bertz CT molecular complexity index is 1280. The number of hydrogen-bond donors (Lipinski definition) is 4. The molecule has 1 aliphatic rings. The van der Waals surface area contributed by atoms with Gasteiger partial charge in [0.25, 0.3) is 0 Å². The summed E-state index contributed by atoms with van der Waals surface area (Å²) in [4.78, 5) is 39.0. The number of ether oxygens (including phenoxy) is 1. The van der Waals surface area contributed by atoms with Crippen LogP contribution in [0.2, 0.25) is 0 Å². The molecule has 2 amide bonds. The fraction of sp³-hybridized carbons (Fsp3) is 0.300. The van der Waals surface area contributed by atoms with E-state index in [4.69, 9.17) is 9.84 Å². The molecular weight excluding hydrogens is 498 g/mol. The average Bonchev–Trinajstić information content (AvgIpc) is 3.24. The summed E-state index contributed by atoms with van der Waals surface area (Å²) < 4.78 is 5.61. The highest BCUT2D eigenvalue weighted by Crippen LogP contribution is 2.44. The number of carboxylic acid groups (broad SMARTS) is 1. The van der Waals surface area contributed by atoms with Crippen LogP contribution in [0.1, 0.15) is 29.5 Å². The van der Waals surface area contributed by atoms with Crippen LogP contribution in [0.4, 0.5) is 4.79 Å². The molecule has 204 valence electrons. The Morgan fingerprint density at radius 2 is 1.51 bits per heavy atom. The number of aliphatic carboxylic acids is 1. The summed E-state index contributed by atoms with van der Waals surface area (Å²) >= 11 is 0. The predicted octanol–water partition coefficient (Wildman–Crippen LogP) is 2.98. The molecule has 1 aliphatic carbocycles. The number of carbonyl (C=O) groups is 3. The Labute approximate surface area is 227 Å². The first-order chi connectivity index (χ1) is 18.7. The minimum absolute atomic E-state index is 0.0851. The number of likely N-dealkylation sites (N-methyl/N-ethyl adjacent to an activating group) is 1. The molecule has 3 aromatic carbocycles. The van der Waals surface area contributed by atoms with Gasteiger partial charge < -0.3 is 25.6 Å². The third-order valence-corrected chi connectivity index (χ3v) is 6.81. The lowest BCUT2D eigenvalue weighted by Crippen LogP contribution is -2.55. The summed E-state index contributed by atoms with van der Waals surface area (Å²) in [6.45, 7) is 1.29. The molecule has 39 heavy (non-hydrogen) atoms. The Morgan fingerprint density at radius 1 is 0.949 bits per heavy atom. The fourth-order valence-corrected chi connectivity index (χ4v) is 4.71. The molecule has 0 aromatic heterocycles. The zero-order chi connectivity index (χ0) is 28.0. The van der Waals surface area contributed by atoms with Gasteiger partial charge in [-0.25, -0.2) is 9.59 Å². The van der Waals surface area contributed by atoms with Gasteiger partial charge in [-0.2, -0.15) is 0 Å². The number of carboxylic acids is 1. The van der Waals surface area contributed by atoms with E-state index in [2.05, 4.69) is 10.6 Å². The summed E-state index contributed by atoms with van der Waals surface area (Å²) in [6.07, 6.45) is -0.768. The van der Waals surface area contributed by atoms with Crippen LogP contribution in [0.5, 0.6) is 0 Å². The summed E-state index contributed by atoms with van der Waals surface area (Å²) in [5, 5.41) is 24.2. The van der Waals surface area contributed by atoms with E-state index < -0.39 is 36.2 Å². The Kier molecular flexibility index (Phi) is 8.63. The molecule has 0 bridgehead atoms. The average molecular weight is 532 g/mol. The maximum absolute atomic E-state index is 13.0. The van der Waals surface area contributed by atoms with Crippen LogP contribution in [0.3, 0.4) is 0 Å². The second kappa shape index (κ2) is 12.1. The molecule has 0 fully saturated rings. The van der Waals surface area contributed by atoms with Crippen LogP contribution in [0.15, 0.2) is 78.9 Å². The summed E-state index contributed by atoms with van der Waals surface area (Å²) in [5.41, 5.74) is 3.22. The maximum atomic E-state index is 13.0. The van der Waals surface area contributed by atoms with E-state index in [9.17, 15) is 19.5 Å². The predicted molar refractivity (Wildman–Crippen MR) is 146 cm³/mol. The fourth-order valence-electron chi connectivity index (χ4n) is 4.71. The van der Waals surface area contributed by atoms with Crippen molar-refractivity contribution in [3.8, 4) is 11.1 Å². The molecule has 0 spiro atoms. The van der Waals surface area contributed by atoms with Gasteiger partial charge in [0.1, 0.15) is 12.6 Å². The third kappa shape index (κ3) is 6.81. The number of benzene rings is 3. The van der Waals surface area contributed by atoms with Gasteiger partial charge in [-0.1, -0.05) is 78.9 Å². The third-order valence-electron chi connectivity index (χ3n) is 6.81. The van der Waals surface area contributed by atoms with Crippen LogP contribution < -0.4 is 10.6 Å². The highest BCUT2D eigenvalue weighted by atomic mass is 16.5. The van der Waals surface area contributed by atoms with Gasteiger partial charge in [0.15, 0.2) is 5.60 Å². The van der Waals surface area contributed by atoms with Crippen molar-refractivity contribution in [2.24, 2.45) is 0 Å². The van der Waals surface area contributed by atoms with Crippen LogP contribution in [0.25, 0.3) is 11.1 Å². The minimum Gasteiger partial charge on any atom is -0.479 e. The van der Waals surface area contributed by atoms with Crippen LogP contribution >= 0.6 is 0 Å². The quantitative estimate of drug-likeness (QED) is 0.300. The molecule has 0 saturated carbocycles. The lowest BCUT2D eigenvalue weighted by Gasteiger charge is -2.26. The van der Waals surface area contributed by atoms with Crippen LogP contribution in [0, 0.1) is 0 Å². The highest BCUT2D eigenvalue weighted by Gasteiger charge is 2.33. The number of aliphatic hydroxyl groups is 1. The zero-order valence-electron chi connectivity index (χ0n) is 22.0. The number of rotatable bonds is 11. The first-order valence-corrected chi connectivity index (χ1v) is 12.7. The largest absolute Gasteiger partial charge is 0.479 e. The van der Waals surface area contributed by atoms with Crippen molar-refractivity contribution in [1.82, 2.24) is 15.5 Å². The zero-order valence-corrected chi connectivity index (χ0v) is 22.0. The number of alkyl carbamates (subject to hydrolysis) is 1. The molecule has 2 atom stereocenters. The van der Waals surface area contributed by atoms with Crippen molar-refractivity contribution >= 4 is 18.0 Å². The molecular formula is C30H33N3O6. The molecule has 0 aliphatic heterocycles. The lowest BCUT2D eigenvalue weighted by molar-refractivity contribution is -0.156. The molecule has 9 heteroatoms. The van der Waals surface area contributed by atoms with Crippen LogP contribution in [-0.4, -0.2) is 71.5 Å². The van der Waals surface area contributed by atoms with E-state index in [1.54, 1.807) is 7.05 Å². The molecule has 3 aromatic rings. The van der Waals surface area contributed by atoms with E-state index in [0.29, 0.717) is 6.54 Å². The van der Waals surface area contributed by atoms with Gasteiger partial charge in [0.2, 0.25) is 5.91 Å². The smallest absolute Gasteiger partial charge is 0.407 e. The Balaban J connectivity index is 1.43. The molecule has 0 radical (unpaired) electrons. The molecule has 4 N–H and O–H groups in total. The second-order valence-electron chi connectivity index (χ2n) is 10.0. The maximum Gasteiger partial charge on any atom is 0.407 e. The molecule has 0 saturated heterocycles. The van der Waals surface area contributed by atoms with Gasteiger partial charge in [0.05, 0.1) is 6.54 Å². The van der Waals surface area contributed by atoms with Gasteiger partial charge in [-0.05, 0) is 41.8 Å². The molecule has 0 heterocycles. The van der Waals surface area contributed by atoms with Crippen molar-refractivity contribution in [3.63, 3.8) is 0 Å². The standard InChI is InChI=1S/C30H33N3O6/c1-30(38,28(35)36)19-31-27(34)26(17-33(2)16-20-10-4-3-5-11-20)32-29(37)39-18-25-23-14-8-6-12-21(23)22-13-7-9-15-24(22)25/h3-15,25-26,38H,16-19H2,1-2H3,(H,31,34)(H,32,37)(H,35,36). The van der Waals surface area contributed by atoms with E-state index in [1.165, 1.54) is 0 Å². The van der Waals surface area contributed by atoms with E-state index in [-0.39, 0.29) is 19.1 Å². The van der Waals surface area contributed by atoms with Gasteiger partial charge in [-0.15, -0.1) is 0 Å². The Morgan fingerprint density at radius 3 is 2.10 bits per heavy atom. The SMILES string of the molecule is CN(Cc1ccccc1)CC(NC(=O)OCC1c2ccccc2-c2ccccc21)C(=O)NCC(C)(O)C(=O)O. The number of amides is 2. The van der Waals surface area contributed by atoms with Crippen molar-refractivity contribution < 1.29 is 29.3 Å². The van der Waals surface area contributed by atoms with Crippen molar-refractivity contribution in [3.05, 3.63) is 95.6 Å². The molecule has 4 rings (SSSR count). The summed E-state index contributed by atoms with van der Waals surface area (Å²) in [5.74, 6) is -2.24. The lowest BCUT2D eigenvalue weighted by atomic mass is 9.98. The van der Waals surface area contributed by atoms with E-state index in [0.717, 1.165) is 34.7 Å². The van der Waals surface area contributed by atoms with E-state index in [1.807, 2.05) is 83.8 Å². The number of carbonyl (C=O) groups excluding carboxylic acids is 2. The van der Waals surface area contributed by atoms with Crippen molar-refractivity contribution in [1.29, 1.82) is 0 Å². The molecule has 2 unspecified atom stereocenters. The monoisotopic (exact) mass is 531 g/mol. The van der Waals surface area contributed by atoms with Crippen molar-refractivity contribution in [2.75, 3.05) is 26.7 Å². The number of hydrogen-bond acceptors (Lipinski definition) is 6. The first-order valence-electron chi connectivity index (χ1n) is 12.7. The highest BCUT2D eigenvalue weighted by molar-refractivity contribution is 5.87. The van der Waals surface area contributed by atoms with Crippen molar-refractivity contribution in [2.45, 2.75) is 31.0 Å². The first kappa shape index (κ1) is 27.8. The van der Waals surface area contributed by atoms with Gasteiger partial charge in [-0.3, -0.25) is 9.69 Å². The second-order valence-corrected chi connectivity index (χ2v) is 10.0.